The van der Waals surface area contributed by atoms with Crippen molar-refractivity contribution in [2.75, 3.05) is 19.7 Å². The third-order valence-corrected chi connectivity index (χ3v) is 4.02. The molecule has 3 heteroatoms. The molecule has 0 atom stereocenters. The first-order chi connectivity index (χ1) is 9.72. The van der Waals surface area contributed by atoms with E-state index in [4.69, 9.17) is 5.11 Å². The summed E-state index contributed by atoms with van der Waals surface area (Å²) in [6.45, 7) is 5.10. The fourth-order valence-electron chi connectivity index (χ4n) is 2.71. The minimum atomic E-state index is -0.320. The molecule has 1 saturated heterocycles. The largest absolute Gasteiger partial charge is 0.384 e. The summed E-state index contributed by atoms with van der Waals surface area (Å²) in [6, 6.07) is 5.09. The van der Waals surface area contributed by atoms with Gasteiger partial charge in [0.1, 0.15) is 12.4 Å². The Bertz CT molecular complexity index is 495. The number of rotatable bonds is 3. The zero-order valence-corrected chi connectivity index (χ0v) is 12.0. The summed E-state index contributed by atoms with van der Waals surface area (Å²) < 4.78 is 13.6. The van der Waals surface area contributed by atoms with Crippen LogP contribution in [0.3, 0.4) is 0 Å². The Labute approximate surface area is 120 Å². The second-order valence-corrected chi connectivity index (χ2v) is 5.40. The van der Waals surface area contributed by atoms with Crippen LogP contribution in [0.5, 0.6) is 0 Å². The van der Waals surface area contributed by atoms with Crippen molar-refractivity contribution >= 4 is 0 Å². The Morgan fingerprint density at radius 2 is 2.10 bits per heavy atom. The van der Waals surface area contributed by atoms with Gasteiger partial charge in [-0.1, -0.05) is 31.3 Å². The van der Waals surface area contributed by atoms with Crippen LogP contribution in [0.4, 0.5) is 4.39 Å². The monoisotopic (exact) mass is 275 g/mol. The minimum Gasteiger partial charge on any atom is -0.384 e. The molecule has 1 aromatic rings. The lowest BCUT2D eigenvalue weighted by Gasteiger charge is -2.31. The lowest BCUT2D eigenvalue weighted by molar-refractivity contribution is 0.175. The molecular formula is C17H22FNO. The maximum atomic E-state index is 13.6. The summed E-state index contributed by atoms with van der Waals surface area (Å²) in [5, 5.41) is 8.69. The minimum absolute atomic E-state index is 0.242. The van der Waals surface area contributed by atoms with E-state index in [1.165, 1.54) is 25.3 Å². The first kappa shape index (κ1) is 15.0. The van der Waals surface area contributed by atoms with E-state index in [1.54, 1.807) is 6.07 Å². The summed E-state index contributed by atoms with van der Waals surface area (Å²) in [5.41, 5.74) is 1.46. The summed E-state index contributed by atoms with van der Waals surface area (Å²) in [5.74, 6) is 5.71. The fraction of sp³-hybridized carbons (Fsp3) is 0.529. The van der Waals surface area contributed by atoms with Crippen LogP contribution in [-0.2, 0) is 6.54 Å². The molecule has 0 unspecified atom stereocenters. The van der Waals surface area contributed by atoms with Gasteiger partial charge < -0.3 is 5.11 Å². The van der Waals surface area contributed by atoms with Gasteiger partial charge in [0.2, 0.25) is 0 Å². The predicted octanol–water partition coefficient (Wildman–Crippen LogP) is 2.79. The number of piperidine rings is 1. The second kappa shape index (κ2) is 7.42. The molecule has 1 aliphatic heterocycles. The van der Waals surface area contributed by atoms with E-state index >= 15 is 0 Å². The van der Waals surface area contributed by atoms with Gasteiger partial charge in [0, 0.05) is 6.54 Å². The highest BCUT2D eigenvalue weighted by Crippen LogP contribution is 2.21. The van der Waals surface area contributed by atoms with Gasteiger partial charge >= 0.3 is 0 Å². The molecule has 0 saturated carbocycles. The van der Waals surface area contributed by atoms with Crippen molar-refractivity contribution in [1.82, 2.24) is 4.90 Å². The molecule has 2 nitrogen and oxygen atoms in total. The van der Waals surface area contributed by atoms with E-state index in [2.05, 4.69) is 23.7 Å². The molecule has 0 spiro atoms. The van der Waals surface area contributed by atoms with Crippen LogP contribution < -0.4 is 0 Å². The zero-order valence-electron chi connectivity index (χ0n) is 12.0. The Balaban J connectivity index is 1.99. The van der Waals surface area contributed by atoms with Gasteiger partial charge in [-0.05, 0) is 49.5 Å². The first-order valence-electron chi connectivity index (χ1n) is 7.33. The van der Waals surface area contributed by atoms with E-state index in [-0.39, 0.29) is 12.4 Å². The van der Waals surface area contributed by atoms with Crippen molar-refractivity contribution < 1.29 is 9.50 Å². The Morgan fingerprint density at radius 1 is 1.35 bits per heavy atom. The van der Waals surface area contributed by atoms with Crippen molar-refractivity contribution in [2.24, 2.45) is 5.92 Å². The molecule has 0 amide bonds. The number of hydrogen-bond acceptors (Lipinski definition) is 2. The van der Waals surface area contributed by atoms with Gasteiger partial charge in [-0.2, -0.15) is 0 Å². The molecule has 0 radical (unpaired) electrons. The van der Waals surface area contributed by atoms with E-state index in [9.17, 15) is 4.39 Å². The molecular weight excluding hydrogens is 253 g/mol. The zero-order chi connectivity index (χ0) is 14.4. The average Bonchev–Trinajstić information content (AvgIpc) is 2.48. The molecule has 108 valence electrons. The van der Waals surface area contributed by atoms with Gasteiger partial charge in [0.25, 0.3) is 0 Å². The molecule has 1 aliphatic rings. The van der Waals surface area contributed by atoms with Crippen molar-refractivity contribution in [3.05, 3.63) is 35.1 Å². The van der Waals surface area contributed by atoms with E-state index in [1.807, 2.05) is 6.07 Å². The maximum Gasteiger partial charge on any atom is 0.138 e. The highest BCUT2D eigenvalue weighted by atomic mass is 19.1. The number of benzene rings is 1. The summed E-state index contributed by atoms with van der Waals surface area (Å²) in [7, 11) is 0. The van der Waals surface area contributed by atoms with Crippen molar-refractivity contribution in [2.45, 2.75) is 32.7 Å². The van der Waals surface area contributed by atoms with Gasteiger partial charge in [-0.3, -0.25) is 4.90 Å². The average molecular weight is 275 g/mol. The summed E-state index contributed by atoms with van der Waals surface area (Å²) in [6.07, 6.45) is 3.79. The first-order valence-corrected chi connectivity index (χ1v) is 7.33. The van der Waals surface area contributed by atoms with Crippen molar-refractivity contribution in [3.8, 4) is 11.8 Å². The van der Waals surface area contributed by atoms with Crippen LogP contribution in [-0.4, -0.2) is 29.7 Å². The number of aliphatic hydroxyl groups excluding tert-OH is 1. The lowest BCUT2D eigenvalue weighted by Crippen LogP contribution is -2.33. The van der Waals surface area contributed by atoms with Crippen LogP contribution in [0.15, 0.2) is 18.2 Å². The second-order valence-electron chi connectivity index (χ2n) is 5.40. The highest BCUT2D eigenvalue weighted by molar-refractivity contribution is 5.38. The predicted molar refractivity (Wildman–Crippen MR) is 78.7 cm³/mol. The molecule has 0 aromatic heterocycles. The molecule has 0 bridgehead atoms. The molecule has 1 fully saturated rings. The number of halogens is 1. The quantitative estimate of drug-likeness (QED) is 0.857. The number of hydrogen-bond donors (Lipinski definition) is 1. The topological polar surface area (TPSA) is 23.5 Å². The van der Waals surface area contributed by atoms with Gasteiger partial charge in [0.05, 0.1) is 5.56 Å². The Morgan fingerprint density at radius 3 is 2.75 bits per heavy atom. The molecule has 0 aliphatic carbocycles. The summed E-state index contributed by atoms with van der Waals surface area (Å²) in [4.78, 5) is 2.42. The smallest absolute Gasteiger partial charge is 0.138 e. The van der Waals surface area contributed by atoms with Gasteiger partial charge in [-0.15, -0.1) is 0 Å². The number of likely N-dealkylation sites (tertiary alicyclic amines) is 1. The Hall–Kier alpha value is -1.37. The fourth-order valence-corrected chi connectivity index (χ4v) is 2.71. The van der Waals surface area contributed by atoms with Crippen LogP contribution >= 0.6 is 0 Å². The maximum absolute atomic E-state index is 13.6. The van der Waals surface area contributed by atoms with Gasteiger partial charge in [0.15, 0.2) is 0 Å². The SMILES string of the molecule is CCC1CCN(Cc2ccc(F)c(C#CCO)c2)CC1. The number of nitrogens with zero attached hydrogens (tertiary/aromatic N) is 1. The molecule has 20 heavy (non-hydrogen) atoms. The van der Waals surface area contributed by atoms with E-state index < -0.39 is 0 Å². The standard InChI is InChI=1S/C17H22FNO/c1-2-14-7-9-19(10-8-14)13-15-5-6-17(18)16(12-15)4-3-11-20/h5-6,12,14,20H,2,7-11,13H2,1H3. The van der Waals surface area contributed by atoms with Crippen LogP contribution in [0.25, 0.3) is 0 Å². The Kier molecular flexibility index (Phi) is 5.58. The molecule has 1 N–H and O–H groups in total. The van der Waals surface area contributed by atoms with Crippen LogP contribution in [0, 0.1) is 23.6 Å². The third kappa shape index (κ3) is 4.06. The van der Waals surface area contributed by atoms with Crippen molar-refractivity contribution in [1.29, 1.82) is 0 Å². The van der Waals surface area contributed by atoms with Crippen molar-refractivity contribution in [3.63, 3.8) is 0 Å². The summed E-state index contributed by atoms with van der Waals surface area (Å²) >= 11 is 0. The lowest BCUT2D eigenvalue weighted by atomic mass is 9.94. The van der Waals surface area contributed by atoms with E-state index in [0.29, 0.717) is 5.56 Å². The number of aliphatic hydroxyl groups is 1. The van der Waals surface area contributed by atoms with Gasteiger partial charge in [-0.25, -0.2) is 4.39 Å². The van der Waals surface area contributed by atoms with E-state index in [0.717, 1.165) is 31.1 Å². The van der Waals surface area contributed by atoms with Crippen LogP contribution in [0.1, 0.15) is 37.3 Å². The molecule has 1 aromatic carbocycles. The molecule has 2 rings (SSSR count). The highest BCUT2D eigenvalue weighted by Gasteiger charge is 2.17. The third-order valence-electron chi connectivity index (χ3n) is 4.02. The molecule has 1 heterocycles. The van der Waals surface area contributed by atoms with Crippen LogP contribution in [0.2, 0.25) is 0 Å². The normalized spacial score (nSPS) is 16.8.